The number of pyridine rings is 1. The third-order valence-electron chi connectivity index (χ3n) is 3.67. The molecule has 0 bridgehead atoms. The van der Waals surface area contributed by atoms with Crippen LogP contribution in [0.15, 0.2) is 23.2 Å². The molecule has 1 saturated carbocycles. The maximum Gasteiger partial charge on any atom is 0.244 e. The Bertz CT molecular complexity index is 580. The topological polar surface area (TPSA) is 76.3 Å². The predicted molar refractivity (Wildman–Crippen MR) is 81.9 cm³/mol. The van der Waals surface area contributed by atoms with Gasteiger partial charge in [-0.05, 0) is 30.9 Å². The van der Waals surface area contributed by atoms with E-state index in [-0.39, 0.29) is 9.88 Å². The fourth-order valence-corrected chi connectivity index (χ4v) is 3.78. The summed E-state index contributed by atoms with van der Waals surface area (Å²) in [5.74, 6) is 0.494. The molecule has 2 N–H and O–H groups in total. The van der Waals surface area contributed by atoms with Crippen LogP contribution in [-0.2, 0) is 10.0 Å². The van der Waals surface area contributed by atoms with Crippen LogP contribution in [0.25, 0.3) is 0 Å². The molecule has 0 spiro atoms. The van der Waals surface area contributed by atoms with Crippen LogP contribution >= 0.6 is 12.2 Å². The van der Waals surface area contributed by atoms with E-state index in [0.29, 0.717) is 24.7 Å². The van der Waals surface area contributed by atoms with Gasteiger partial charge in [-0.25, -0.2) is 8.42 Å². The van der Waals surface area contributed by atoms with Gasteiger partial charge in [-0.3, -0.25) is 4.98 Å². The molecule has 1 aliphatic carbocycles. The molecule has 1 aromatic heterocycles. The monoisotopic (exact) mass is 313 g/mol. The Labute approximate surface area is 125 Å². The van der Waals surface area contributed by atoms with Gasteiger partial charge < -0.3 is 5.73 Å². The Kier molecular flexibility index (Phi) is 4.72. The quantitative estimate of drug-likeness (QED) is 0.806. The predicted octanol–water partition coefficient (Wildman–Crippen LogP) is 1.53. The molecule has 110 valence electrons. The second kappa shape index (κ2) is 6.15. The van der Waals surface area contributed by atoms with Gasteiger partial charge in [-0.1, -0.05) is 25.6 Å². The van der Waals surface area contributed by atoms with E-state index in [1.807, 2.05) is 6.92 Å². The molecule has 7 heteroatoms. The van der Waals surface area contributed by atoms with Crippen LogP contribution in [0.1, 0.15) is 31.9 Å². The van der Waals surface area contributed by atoms with Gasteiger partial charge in [-0.15, -0.1) is 0 Å². The van der Waals surface area contributed by atoms with Gasteiger partial charge in [-0.2, -0.15) is 4.31 Å². The van der Waals surface area contributed by atoms with Gasteiger partial charge in [0.2, 0.25) is 10.0 Å². The van der Waals surface area contributed by atoms with Gasteiger partial charge in [0.15, 0.2) is 0 Å². The van der Waals surface area contributed by atoms with Crippen LogP contribution in [0.2, 0.25) is 0 Å². The van der Waals surface area contributed by atoms with Gasteiger partial charge >= 0.3 is 0 Å². The van der Waals surface area contributed by atoms with E-state index in [1.54, 1.807) is 6.07 Å². The maximum absolute atomic E-state index is 12.5. The highest BCUT2D eigenvalue weighted by atomic mass is 32.2. The van der Waals surface area contributed by atoms with Crippen molar-refractivity contribution in [3.63, 3.8) is 0 Å². The van der Waals surface area contributed by atoms with E-state index < -0.39 is 10.0 Å². The van der Waals surface area contributed by atoms with E-state index in [9.17, 15) is 8.42 Å². The van der Waals surface area contributed by atoms with Crippen LogP contribution < -0.4 is 5.73 Å². The Morgan fingerprint density at radius 3 is 2.60 bits per heavy atom. The van der Waals surface area contributed by atoms with Gasteiger partial charge in [0.1, 0.15) is 9.88 Å². The van der Waals surface area contributed by atoms with Crippen LogP contribution in [0.3, 0.4) is 0 Å². The zero-order valence-corrected chi connectivity index (χ0v) is 13.1. The van der Waals surface area contributed by atoms with E-state index >= 15 is 0 Å². The highest BCUT2D eigenvalue weighted by Crippen LogP contribution is 2.29. The Morgan fingerprint density at radius 2 is 2.20 bits per heavy atom. The first-order chi connectivity index (χ1) is 9.45. The number of sulfonamides is 1. The lowest BCUT2D eigenvalue weighted by Gasteiger charge is -2.31. The van der Waals surface area contributed by atoms with Crippen molar-refractivity contribution in [2.45, 2.75) is 31.1 Å². The summed E-state index contributed by atoms with van der Waals surface area (Å²) in [4.78, 5) is 4.36. The van der Waals surface area contributed by atoms with Gasteiger partial charge in [0.25, 0.3) is 0 Å². The lowest BCUT2D eigenvalue weighted by molar-refractivity contribution is 0.250. The van der Waals surface area contributed by atoms with Crippen molar-refractivity contribution >= 4 is 27.2 Å². The normalized spacial score (nSPS) is 16.1. The lowest BCUT2D eigenvalue weighted by atomic mass is 9.85. The van der Waals surface area contributed by atoms with E-state index in [0.717, 1.165) is 12.8 Å². The summed E-state index contributed by atoms with van der Waals surface area (Å²) in [7, 11) is -3.48. The van der Waals surface area contributed by atoms with Gasteiger partial charge in [0, 0.05) is 19.3 Å². The minimum Gasteiger partial charge on any atom is -0.388 e. The molecule has 0 amide bonds. The fraction of sp³-hybridized carbons (Fsp3) is 0.538. The van der Waals surface area contributed by atoms with Crippen molar-refractivity contribution < 1.29 is 8.42 Å². The van der Waals surface area contributed by atoms with E-state index in [4.69, 9.17) is 18.0 Å². The highest BCUT2D eigenvalue weighted by Gasteiger charge is 2.28. The molecule has 0 atom stereocenters. The van der Waals surface area contributed by atoms with Crippen molar-refractivity contribution in [2.75, 3.05) is 13.1 Å². The van der Waals surface area contributed by atoms with Gasteiger partial charge in [0.05, 0.1) is 5.69 Å². The van der Waals surface area contributed by atoms with E-state index in [2.05, 4.69) is 4.98 Å². The Balaban J connectivity index is 2.20. The third-order valence-corrected chi connectivity index (χ3v) is 5.80. The SMILES string of the molecule is CCN(CC1CCC1)S(=O)(=O)c1ccc(C(N)=S)nc1. The molecule has 0 aliphatic heterocycles. The first-order valence-electron chi connectivity index (χ1n) is 6.71. The van der Waals surface area contributed by atoms with Crippen LogP contribution in [0.4, 0.5) is 0 Å². The summed E-state index contributed by atoms with van der Waals surface area (Å²) in [5, 5.41) is 0. The standard InChI is InChI=1S/C13H19N3O2S2/c1-2-16(9-10-4-3-5-10)20(17,18)11-6-7-12(13(14)19)15-8-11/h6-8,10H,2-5,9H2,1H3,(H2,14,19). The second-order valence-corrected chi connectivity index (χ2v) is 7.37. The minimum atomic E-state index is -3.48. The summed E-state index contributed by atoms with van der Waals surface area (Å²) < 4.78 is 26.6. The lowest BCUT2D eigenvalue weighted by Crippen LogP contribution is -2.37. The summed E-state index contributed by atoms with van der Waals surface area (Å²) in [5.41, 5.74) is 5.89. The van der Waals surface area contributed by atoms with Crippen molar-refractivity contribution in [1.82, 2.24) is 9.29 Å². The number of aromatic nitrogens is 1. The molecule has 1 aromatic rings. The number of hydrogen-bond donors (Lipinski definition) is 1. The smallest absolute Gasteiger partial charge is 0.244 e. The van der Waals surface area contributed by atoms with Crippen molar-refractivity contribution in [3.8, 4) is 0 Å². The molecule has 20 heavy (non-hydrogen) atoms. The van der Waals surface area contributed by atoms with Crippen molar-refractivity contribution in [3.05, 3.63) is 24.0 Å². The molecule has 0 unspecified atom stereocenters. The van der Waals surface area contributed by atoms with Crippen LogP contribution in [-0.4, -0.2) is 35.8 Å². The molecule has 2 rings (SSSR count). The highest BCUT2D eigenvalue weighted by molar-refractivity contribution is 7.89. The number of nitrogens with zero attached hydrogens (tertiary/aromatic N) is 2. The first kappa shape index (κ1) is 15.3. The third kappa shape index (κ3) is 3.16. The number of thiocarbonyl (C=S) groups is 1. The molecule has 1 fully saturated rings. The van der Waals surface area contributed by atoms with Crippen molar-refractivity contribution in [1.29, 1.82) is 0 Å². The molecule has 0 aromatic carbocycles. The molecule has 5 nitrogen and oxygen atoms in total. The number of hydrogen-bond acceptors (Lipinski definition) is 4. The summed E-state index contributed by atoms with van der Waals surface area (Å²) in [6.07, 6.45) is 4.76. The van der Waals surface area contributed by atoms with Crippen LogP contribution in [0.5, 0.6) is 0 Å². The average molecular weight is 313 g/mol. The Hall–Kier alpha value is -1.05. The second-order valence-electron chi connectivity index (χ2n) is 5.00. The first-order valence-corrected chi connectivity index (χ1v) is 8.56. The zero-order chi connectivity index (χ0) is 14.8. The Morgan fingerprint density at radius 1 is 1.50 bits per heavy atom. The molecule has 0 radical (unpaired) electrons. The largest absolute Gasteiger partial charge is 0.388 e. The zero-order valence-electron chi connectivity index (χ0n) is 11.4. The molecule has 1 aliphatic rings. The molecular formula is C13H19N3O2S2. The molecule has 0 saturated heterocycles. The molecular weight excluding hydrogens is 294 g/mol. The van der Waals surface area contributed by atoms with E-state index in [1.165, 1.54) is 23.0 Å². The minimum absolute atomic E-state index is 0.163. The molecule has 1 heterocycles. The number of nitrogens with two attached hydrogens (primary N) is 1. The summed E-state index contributed by atoms with van der Waals surface area (Å²) in [6, 6.07) is 3.06. The average Bonchev–Trinajstić information content (AvgIpc) is 2.37. The van der Waals surface area contributed by atoms with Crippen LogP contribution in [0, 0.1) is 5.92 Å². The number of rotatable bonds is 6. The fourth-order valence-electron chi connectivity index (χ4n) is 2.19. The maximum atomic E-state index is 12.5. The summed E-state index contributed by atoms with van der Waals surface area (Å²) >= 11 is 4.81. The summed E-state index contributed by atoms with van der Waals surface area (Å²) in [6.45, 7) is 2.92. The van der Waals surface area contributed by atoms with Crippen molar-refractivity contribution in [2.24, 2.45) is 11.7 Å².